The van der Waals surface area contributed by atoms with Crippen LogP contribution in [-0.4, -0.2) is 10.8 Å². The predicted octanol–water partition coefficient (Wildman–Crippen LogP) is 3.58. The van der Waals surface area contributed by atoms with Gasteiger partial charge in [-0.25, -0.2) is 0 Å². The Kier molecular flexibility index (Phi) is 3.25. The Morgan fingerprint density at radius 3 is 2.41 bits per heavy atom. The molecule has 86 valence electrons. The average molecular weight is 246 g/mol. The lowest BCUT2D eigenvalue weighted by Crippen LogP contribution is -2.06. The highest BCUT2D eigenvalue weighted by Gasteiger charge is 2.16. The molecule has 0 bridgehead atoms. The molecule has 0 spiro atoms. The molecule has 0 atom stereocenters. The van der Waals surface area contributed by atoms with Crippen molar-refractivity contribution in [1.82, 2.24) is 4.98 Å². The minimum Gasteiger partial charge on any atom is -0.288 e. The third kappa shape index (κ3) is 2.37. The number of benzene rings is 1. The molecular weight excluding hydrogens is 234 g/mol. The molecule has 0 radical (unpaired) electrons. The van der Waals surface area contributed by atoms with Crippen LogP contribution in [0.4, 0.5) is 0 Å². The maximum absolute atomic E-state index is 12.3. The van der Waals surface area contributed by atoms with Crippen molar-refractivity contribution in [2.45, 2.75) is 13.8 Å². The second-order valence-corrected chi connectivity index (χ2v) is 4.31. The molecule has 2 nitrogen and oxygen atoms in total. The molecule has 2 aromatic rings. The number of ketones is 1. The SMILES string of the molecule is Cc1cc(Cl)c(C(=O)c2ccccc2)c(C)n1. The summed E-state index contributed by atoms with van der Waals surface area (Å²) in [5, 5.41) is 0.462. The maximum atomic E-state index is 12.3. The molecule has 0 fully saturated rings. The molecule has 0 aliphatic carbocycles. The summed E-state index contributed by atoms with van der Waals surface area (Å²) in [6, 6.07) is 10.8. The molecule has 2 rings (SSSR count). The Bertz CT molecular complexity index is 541. The number of aromatic nitrogens is 1. The van der Waals surface area contributed by atoms with Gasteiger partial charge in [0.15, 0.2) is 5.78 Å². The summed E-state index contributed by atoms with van der Waals surface area (Å²) in [7, 11) is 0. The predicted molar refractivity (Wildman–Crippen MR) is 68.6 cm³/mol. The van der Waals surface area contributed by atoms with Gasteiger partial charge in [-0.2, -0.15) is 0 Å². The average Bonchev–Trinajstić information content (AvgIpc) is 2.28. The Morgan fingerprint density at radius 1 is 1.18 bits per heavy atom. The van der Waals surface area contributed by atoms with Gasteiger partial charge in [0, 0.05) is 11.3 Å². The minimum absolute atomic E-state index is 0.0828. The van der Waals surface area contributed by atoms with Gasteiger partial charge in [-0.15, -0.1) is 0 Å². The summed E-state index contributed by atoms with van der Waals surface area (Å²) in [5.74, 6) is -0.0828. The summed E-state index contributed by atoms with van der Waals surface area (Å²) < 4.78 is 0. The molecule has 0 saturated heterocycles. The second kappa shape index (κ2) is 4.68. The fourth-order valence-corrected chi connectivity index (χ4v) is 2.17. The van der Waals surface area contributed by atoms with Crippen LogP contribution in [0, 0.1) is 13.8 Å². The van der Waals surface area contributed by atoms with Crippen LogP contribution in [0.15, 0.2) is 36.4 Å². The van der Waals surface area contributed by atoms with Gasteiger partial charge in [0.25, 0.3) is 0 Å². The summed E-state index contributed by atoms with van der Waals surface area (Å²) in [5.41, 5.74) is 2.60. The molecule has 3 heteroatoms. The fraction of sp³-hybridized carbons (Fsp3) is 0.143. The molecule has 0 saturated carbocycles. The standard InChI is InChI=1S/C14H12ClNO/c1-9-8-12(15)13(10(2)16-9)14(17)11-6-4-3-5-7-11/h3-8H,1-2H3. The van der Waals surface area contributed by atoms with Crippen LogP contribution >= 0.6 is 11.6 Å². The lowest BCUT2D eigenvalue weighted by atomic mass is 10.0. The van der Waals surface area contributed by atoms with Crippen LogP contribution in [0.25, 0.3) is 0 Å². The summed E-state index contributed by atoms with van der Waals surface area (Å²) in [6.07, 6.45) is 0. The third-order valence-electron chi connectivity index (χ3n) is 2.54. The molecule has 1 aromatic carbocycles. The van der Waals surface area contributed by atoms with Crippen molar-refractivity contribution in [1.29, 1.82) is 0 Å². The smallest absolute Gasteiger partial charge is 0.196 e. The van der Waals surface area contributed by atoms with E-state index in [1.807, 2.05) is 25.1 Å². The first-order chi connectivity index (χ1) is 8.09. The van der Waals surface area contributed by atoms with E-state index in [9.17, 15) is 4.79 Å². The topological polar surface area (TPSA) is 30.0 Å². The second-order valence-electron chi connectivity index (χ2n) is 3.90. The lowest BCUT2D eigenvalue weighted by molar-refractivity contribution is 0.103. The molecule has 0 N–H and O–H groups in total. The highest BCUT2D eigenvalue weighted by atomic mass is 35.5. The van der Waals surface area contributed by atoms with Gasteiger partial charge >= 0.3 is 0 Å². The molecule has 0 aliphatic heterocycles. The number of hydrogen-bond donors (Lipinski definition) is 0. The van der Waals surface area contributed by atoms with E-state index in [1.54, 1.807) is 25.1 Å². The van der Waals surface area contributed by atoms with Crippen molar-refractivity contribution in [3.63, 3.8) is 0 Å². The number of carbonyl (C=O) groups is 1. The molecular formula is C14H12ClNO. The summed E-state index contributed by atoms with van der Waals surface area (Å²) >= 11 is 6.12. The number of carbonyl (C=O) groups excluding carboxylic acids is 1. The van der Waals surface area contributed by atoms with E-state index >= 15 is 0 Å². The van der Waals surface area contributed by atoms with Gasteiger partial charge in [0.2, 0.25) is 0 Å². The van der Waals surface area contributed by atoms with Gasteiger partial charge in [0.05, 0.1) is 16.3 Å². The Balaban J connectivity index is 2.52. The monoisotopic (exact) mass is 245 g/mol. The van der Waals surface area contributed by atoms with Crippen molar-refractivity contribution >= 4 is 17.4 Å². The van der Waals surface area contributed by atoms with Gasteiger partial charge in [-0.3, -0.25) is 9.78 Å². The van der Waals surface area contributed by atoms with Crippen LogP contribution in [0.1, 0.15) is 27.3 Å². The number of halogens is 1. The molecule has 0 amide bonds. The van der Waals surface area contributed by atoms with E-state index < -0.39 is 0 Å². The first-order valence-corrected chi connectivity index (χ1v) is 5.71. The highest BCUT2D eigenvalue weighted by Crippen LogP contribution is 2.22. The Morgan fingerprint density at radius 2 is 1.82 bits per heavy atom. The van der Waals surface area contributed by atoms with E-state index in [0.717, 1.165) is 5.69 Å². The van der Waals surface area contributed by atoms with E-state index in [0.29, 0.717) is 21.8 Å². The van der Waals surface area contributed by atoms with Crippen LogP contribution in [0.3, 0.4) is 0 Å². The van der Waals surface area contributed by atoms with Crippen LogP contribution in [-0.2, 0) is 0 Å². The van der Waals surface area contributed by atoms with Crippen molar-refractivity contribution in [3.05, 3.63) is 63.9 Å². The number of nitrogens with zero attached hydrogens (tertiary/aromatic N) is 1. The minimum atomic E-state index is -0.0828. The van der Waals surface area contributed by atoms with Gasteiger partial charge in [0.1, 0.15) is 0 Å². The fourth-order valence-electron chi connectivity index (χ4n) is 1.79. The van der Waals surface area contributed by atoms with Crippen molar-refractivity contribution in [2.24, 2.45) is 0 Å². The Hall–Kier alpha value is -1.67. The zero-order chi connectivity index (χ0) is 12.4. The first kappa shape index (κ1) is 11.8. The van der Waals surface area contributed by atoms with Gasteiger partial charge < -0.3 is 0 Å². The third-order valence-corrected chi connectivity index (χ3v) is 2.84. The van der Waals surface area contributed by atoms with Gasteiger partial charge in [-0.05, 0) is 19.9 Å². The van der Waals surface area contributed by atoms with E-state index in [4.69, 9.17) is 11.6 Å². The van der Waals surface area contributed by atoms with E-state index in [2.05, 4.69) is 4.98 Å². The number of pyridine rings is 1. The largest absolute Gasteiger partial charge is 0.288 e. The number of aryl methyl sites for hydroxylation is 2. The Labute approximate surface area is 105 Å². The summed E-state index contributed by atoms with van der Waals surface area (Å²) in [4.78, 5) is 16.6. The highest BCUT2D eigenvalue weighted by molar-refractivity contribution is 6.35. The lowest BCUT2D eigenvalue weighted by Gasteiger charge is -2.07. The summed E-state index contributed by atoms with van der Waals surface area (Å²) in [6.45, 7) is 3.66. The van der Waals surface area contributed by atoms with E-state index in [1.165, 1.54) is 0 Å². The van der Waals surface area contributed by atoms with Crippen molar-refractivity contribution in [3.8, 4) is 0 Å². The molecule has 0 aliphatic rings. The quantitative estimate of drug-likeness (QED) is 0.757. The van der Waals surface area contributed by atoms with Crippen molar-refractivity contribution < 1.29 is 4.79 Å². The zero-order valence-electron chi connectivity index (χ0n) is 9.70. The molecule has 17 heavy (non-hydrogen) atoms. The first-order valence-electron chi connectivity index (χ1n) is 5.33. The van der Waals surface area contributed by atoms with Crippen molar-refractivity contribution in [2.75, 3.05) is 0 Å². The van der Waals surface area contributed by atoms with Crippen LogP contribution in [0.5, 0.6) is 0 Å². The zero-order valence-corrected chi connectivity index (χ0v) is 10.5. The van der Waals surface area contributed by atoms with E-state index in [-0.39, 0.29) is 5.78 Å². The molecule has 1 aromatic heterocycles. The normalized spacial score (nSPS) is 10.3. The van der Waals surface area contributed by atoms with Gasteiger partial charge in [-0.1, -0.05) is 41.9 Å². The van der Waals surface area contributed by atoms with Crippen LogP contribution < -0.4 is 0 Å². The number of rotatable bonds is 2. The molecule has 1 heterocycles. The number of hydrogen-bond acceptors (Lipinski definition) is 2. The molecule has 0 unspecified atom stereocenters. The van der Waals surface area contributed by atoms with Crippen LogP contribution in [0.2, 0.25) is 5.02 Å². The maximum Gasteiger partial charge on any atom is 0.196 e.